The van der Waals surface area contributed by atoms with E-state index in [9.17, 15) is 14.7 Å². The Kier molecular flexibility index (Phi) is 7.50. The maximum Gasteiger partial charge on any atom is 0.306 e. The number of aliphatic carboxylic acids is 1. The van der Waals surface area contributed by atoms with Crippen LogP contribution in [0.25, 0.3) is 5.57 Å². The lowest BCUT2D eigenvalue weighted by molar-refractivity contribution is -0.141. The average molecular weight is 544 g/mol. The monoisotopic (exact) mass is 543 g/mol. The van der Waals surface area contributed by atoms with Crippen molar-refractivity contribution < 1.29 is 19.1 Å². The summed E-state index contributed by atoms with van der Waals surface area (Å²) in [4.78, 5) is 33.8. The quantitative estimate of drug-likeness (QED) is 0.419. The van der Waals surface area contributed by atoms with Gasteiger partial charge in [-0.1, -0.05) is 37.1 Å². The summed E-state index contributed by atoms with van der Waals surface area (Å²) < 4.78 is 15.4. The van der Waals surface area contributed by atoms with Gasteiger partial charge in [-0.05, 0) is 93.9 Å². The van der Waals surface area contributed by atoms with Crippen LogP contribution in [-0.2, 0) is 16.0 Å². The first-order valence-electron chi connectivity index (χ1n) is 15.0. The number of benzene rings is 1. The molecule has 3 aliphatic heterocycles. The average Bonchev–Trinajstić information content (AvgIpc) is 3.27. The Morgan fingerprint density at radius 1 is 1.07 bits per heavy atom. The van der Waals surface area contributed by atoms with E-state index in [1.165, 1.54) is 6.42 Å². The highest BCUT2D eigenvalue weighted by Crippen LogP contribution is 2.40. The number of hydrogen-bond acceptors (Lipinski definition) is 4. The Labute approximate surface area is 235 Å². The SMILES string of the molecule is C[C@@H]1CCCCCN1C(=O)C1=NC2=CC(c3ccc(CC4CC[C@H](C(=O)O)C4)cc3F)=C=CN2C(C2CCC2)=C1. The Balaban J connectivity index is 1.26. The van der Waals surface area contributed by atoms with Gasteiger partial charge in [0.1, 0.15) is 17.3 Å². The third-order valence-electron chi connectivity index (χ3n) is 9.46. The molecular weight excluding hydrogens is 505 g/mol. The normalized spacial score (nSPS) is 26.7. The van der Waals surface area contributed by atoms with Gasteiger partial charge in [0.25, 0.3) is 5.91 Å². The van der Waals surface area contributed by atoms with Gasteiger partial charge in [0.2, 0.25) is 0 Å². The number of halogens is 1. The van der Waals surface area contributed by atoms with E-state index in [0.717, 1.165) is 62.8 Å². The van der Waals surface area contributed by atoms with Gasteiger partial charge in [-0.25, -0.2) is 9.38 Å². The van der Waals surface area contributed by atoms with Gasteiger partial charge < -0.3 is 10.0 Å². The molecule has 1 aromatic carbocycles. The number of likely N-dealkylation sites (tertiary alicyclic amines) is 1. The number of rotatable bonds is 6. The molecule has 1 amide bonds. The Bertz CT molecular complexity index is 1360. The number of fused-ring (bicyclic) bond motifs is 1. The number of carbonyl (C=O) groups excluding carboxylic acids is 1. The molecule has 210 valence electrons. The van der Waals surface area contributed by atoms with E-state index in [1.54, 1.807) is 12.1 Å². The van der Waals surface area contributed by atoms with Gasteiger partial charge in [0.15, 0.2) is 0 Å². The minimum absolute atomic E-state index is 0.0144. The Morgan fingerprint density at radius 3 is 2.65 bits per heavy atom. The summed E-state index contributed by atoms with van der Waals surface area (Å²) in [5.74, 6) is -0.0560. The van der Waals surface area contributed by atoms with Crippen molar-refractivity contribution >= 4 is 23.2 Å². The van der Waals surface area contributed by atoms with Gasteiger partial charge >= 0.3 is 5.97 Å². The molecule has 0 aromatic heterocycles. The summed E-state index contributed by atoms with van der Waals surface area (Å²) in [6.45, 7) is 2.89. The minimum atomic E-state index is -0.728. The zero-order valence-electron chi connectivity index (χ0n) is 23.2. The number of amides is 1. The van der Waals surface area contributed by atoms with E-state index in [0.29, 0.717) is 47.8 Å². The van der Waals surface area contributed by atoms with Gasteiger partial charge in [0, 0.05) is 29.4 Å². The van der Waals surface area contributed by atoms with Crippen molar-refractivity contribution in [3.05, 3.63) is 70.7 Å². The molecule has 7 heteroatoms. The van der Waals surface area contributed by atoms with E-state index in [1.807, 2.05) is 34.2 Å². The number of nitrogens with zero attached hydrogens (tertiary/aromatic N) is 3. The van der Waals surface area contributed by atoms with Crippen molar-refractivity contribution in [1.29, 1.82) is 0 Å². The first-order valence-corrected chi connectivity index (χ1v) is 15.0. The predicted octanol–water partition coefficient (Wildman–Crippen LogP) is 6.45. The summed E-state index contributed by atoms with van der Waals surface area (Å²) in [6, 6.07) is 5.49. The van der Waals surface area contributed by atoms with Gasteiger partial charge in [-0.15, -0.1) is 0 Å². The van der Waals surface area contributed by atoms with E-state index in [-0.39, 0.29) is 29.6 Å². The van der Waals surface area contributed by atoms with Crippen LogP contribution in [0.15, 0.2) is 58.8 Å². The highest BCUT2D eigenvalue weighted by atomic mass is 19.1. The molecule has 3 heterocycles. The zero-order valence-corrected chi connectivity index (χ0v) is 23.2. The van der Waals surface area contributed by atoms with Crippen LogP contribution in [0.1, 0.15) is 82.3 Å². The number of carboxylic acids is 1. The maximum atomic E-state index is 15.4. The molecule has 0 spiro atoms. The molecule has 0 radical (unpaired) electrons. The molecule has 40 heavy (non-hydrogen) atoms. The topological polar surface area (TPSA) is 73.2 Å². The predicted molar refractivity (Wildman–Crippen MR) is 152 cm³/mol. The van der Waals surface area contributed by atoms with Crippen LogP contribution >= 0.6 is 0 Å². The van der Waals surface area contributed by atoms with E-state index >= 15 is 4.39 Å². The molecule has 6 rings (SSSR count). The van der Waals surface area contributed by atoms with Crippen molar-refractivity contribution in [1.82, 2.24) is 9.80 Å². The lowest BCUT2D eigenvalue weighted by Gasteiger charge is -2.38. The Hall–Kier alpha value is -3.44. The van der Waals surface area contributed by atoms with Crippen LogP contribution in [0.4, 0.5) is 4.39 Å². The molecule has 1 aromatic rings. The Morgan fingerprint density at radius 2 is 1.93 bits per heavy atom. The van der Waals surface area contributed by atoms with Crippen molar-refractivity contribution in [2.45, 2.75) is 83.6 Å². The number of carbonyl (C=O) groups is 2. The van der Waals surface area contributed by atoms with Crippen LogP contribution in [0.3, 0.4) is 0 Å². The van der Waals surface area contributed by atoms with Crippen LogP contribution in [0.2, 0.25) is 0 Å². The largest absolute Gasteiger partial charge is 0.481 e. The highest BCUT2D eigenvalue weighted by Gasteiger charge is 2.34. The van der Waals surface area contributed by atoms with Gasteiger partial charge in [0.05, 0.1) is 12.1 Å². The molecule has 1 N–H and O–H groups in total. The first-order chi connectivity index (χ1) is 19.4. The molecule has 5 aliphatic rings. The fourth-order valence-corrected chi connectivity index (χ4v) is 6.83. The van der Waals surface area contributed by atoms with Crippen LogP contribution in [0, 0.1) is 23.6 Å². The van der Waals surface area contributed by atoms with E-state index in [4.69, 9.17) is 4.99 Å². The fraction of sp³-hybridized carbons (Fsp3) is 0.515. The molecule has 1 unspecified atom stereocenters. The smallest absolute Gasteiger partial charge is 0.306 e. The lowest BCUT2D eigenvalue weighted by Crippen LogP contribution is -2.43. The fourth-order valence-electron chi connectivity index (χ4n) is 6.83. The lowest BCUT2D eigenvalue weighted by atomic mass is 9.81. The number of carboxylic acid groups (broad SMARTS) is 1. The summed E-state index contributed by atoms with van der Waals surface area (Å²) >= 11 is 0. The molecule has 2 saturated carbocycles. The van der Waals surface area contributed by atoms with Crippen molar-refractivity contribution in [3.63, 3.8) is 0 Å². The van der Waals surface area contributed by atoms with Crippen molar-refractivity contribution in [2.24, 2.45) is 22.7 Å². The zero-order chi connectivity index (χ0) is 27.8. The van der Waals surface area contributed by atoms with E-state index < -0.39 is 5.97 Å². The molecule has 6 nitrogen and oxygen atoms in total. The first kappa shape index (κ1) is 26.8. The second-order valence-electron chi connectivity index (χ2n) is 12.2. The molecule has 3 atom stereocenters. The summed E-state index contributed by atoms with van der Waals surface area (Å²) in [7, 11) is 0. The molecule has 2 aliphatic carbocycles. The summed E-state index contributed by atoms with van der Waals surface area (Å²) in [6.07, 6.45) is 16.2. The van der Waals surface area contributed by atoms with Crippen LogP contribution < -0.4 is 0 Å². The third-order valence-corrected chi connectivity index (χ3v) is 9.46. The van der Waals surface area contributed by atoms with Gasteiger partial charge in [-0.2, -0.15) is 0 Å². The van der Waals surface area contributed by atoms with Gasteiger partial charge in [-0.3, -0.25) is 14.5 Å². The highest BCUT2D eigenvalue weighted by molar-refractivity contribution is 6.43. The number of aliphatic imine (C=N–C) groups is 1. The second-order valence-corrected chi connectivity index (χ2v) is 12.2. The number of hydrogen-bond donors (Lipinski definition) is 1. The van der Waals surface area contributed by atoms with Crippen LogP contribution in [0.5, 0.6) is 0 Å². The standard InChI is InChI=1S/C33H38FN3O3/c1-21-6-3-2-4-14-36(21)32(38)29-20-30(24-7-5-8-24)37-15-13-25(19-31(37)35-29)27-12-10-23(18-28(27)34)16-22-9-11-26(17-22)33(39)40/h10,12,15,18-22,24,26H,2-9,11,14,16-17H2,1H3,(H,39,40)/t21-,22?,26+/m1/s1. The summed E-state index contributed by atoms with van der Waals surface area (Å²) in [5.41, 5.74) is 6.77. The molecule has 0 bridgehead atoms. The van der Waals surface area contributed by atoms with E-state index in [2.05, 4.69) is 12.7 Å². The number of allylic oxidation sites excluding steroid dienone is 3. The van der Waals surface area contributed by atoms with Crippen molar-refractivity contribution in [3.8, 4) is 0 Å². The molecular formula is C33H38FN3O3. The molecule has 3 fully saturated rings. The summed E-state index contributed by atoms with van der Waals surface area (Å²) in [5, 5.41) is 9.29. The molecule has 1 saturated heterocycles. The third kappa shape index (κ3) is 5.32. The maximum absolute atomic E-state index is 15.4. The second kappa shape index (κ2) is 11.2. The van der Waals surface area contributed by atoms with Crippen LogP contribution in [-0.4, -0.2) is 45.1 Å². The minimum Gasteiger partial charge on any atom is -0.481 e. The van der Waals surface area contributed by atoms with Crippen molar-refractivity contribution in [2.75, 3.05) is 6.54 Å².